The molecule has 0 saturated heterocycles. The Bertz CT molecular complexity index is 1810. The summed E-state index contributed by atoms with van der Waals surface area (Å²) in [4.78, 5) is 12.4. The van der Waals surface area contributed by atoms with Crippen molar-refractivity contribution in [3.05, 3.63) is 96.6 Å². The molecule has 0 aliphatic carbocycles. The Morgan fingerprint density at radius 2 is 1.37 bits per heavy atom. The molecular formula is C30H22N4S. The summed E-state index contributed by atoms with van der Waals surface area (Å²) in [6, 6.07) is 31.8. The van der Waals surface area contributed by atoms with Crippen molar-refractivity contribution >= 4 is 72.3 Å². The standard InChI is InChI=1S/C30H22N4S/c1-18-16-19-8-2-7-13-27(19)34(18)30(35)31-20-14-15-25-26(17-20)33-29-24-12-6-4-10-22(24)21-9-3-5-11-23(21)28(29)32-25/h2-15,17-18H,16H2,1H3,(H,31,35)/t18-/m0/s1. The number of nitrogens with one attached hydrogen (secondary N) is 1. The van der Waals surface area contributed by atoms with Crippen molar-refractivity contribution < 1.29 is 0 Å². The summed E-state index contributed by atoms with van der Waals surface area (Å²) < 4.78 is 0. The highest BCUT2D eigenvalue weighted by atomic mass is 32.1. The Morgan fingerprint density at radius 1 is 0.771 bits per heavy atom. The van der Waals surface area contributed by atoms with Crippen LogP contribution in [0.5, 0.6) is 0 Å². The average Bonchev–Trinajstić information content (AvgIpc) is 3.23. The van der Waals surface area contributed by atoms with Crippen LogP contribution in [0.2, 0.25) is 0 Å². The van der Waals surface area contributed by atoms with Crippen LogP contribution in [0, 0.1) is 0 Å². The van der Waals surface area contributed by atoms with Gasteiger partial charge in [-0.1, -0.05) is 66.7 Å². The van der Waals surface area contributed by atoms with E-state index in [1.54, 1.807) is 0 Å². The minimum atomic E-state index is 0.316. The van der Waals surface area contributed by atoms with Crippen molar-refractivity contribution in [3.63, 3.8) is 0 Å². The van der Waals surface area contributed by atoms with Gasteiger partial charge in [0.05, 0.1) is 22.1 Å². The molecule has 6 aromatic rings. The van der Waals surface area contributed by atoms with Gasteiger partial charge in [0.2, 0.25) is 0 Å². The molecule has 0 spiro atoms. The number of benzene rings is 5. The van der Waals surface area contributed by atoms with Crippen molar-refractivity contribution in [3.8, 4) is 0 Å². The number of nitrogens with zero attached hydrogens (tertiary/aromatic N) is 3. The van der Waals surface area contributed by atoms with Gasteiger partial charge in [-0.3, -0.25) is 0 Å². The van der Waals surface area contributed by atoms with Gasteiger partial charge in [-0.05, 0) is 66.2 Å². The molecule has 1 atom stereocenters. The van der Waals surface area contributed by atoms with Gasteiger partial charge in [0.15, 0.2) is 5.11 Å². The Balaban J connectivity index is 1.34. The molecule has 5 heteroatoms. The molecule has 35 heavy (non-hydrogen) atoms. The second-order valence-corrected chi connectivity index (χ2v) is 9.58. The van der Waals surface area contributed by atoms with Gasteiger partial charge in [0.1, 0.15) is 0 Å². The zero-order valence-corrected chi connectivity index (χ0v) is 20.0. The second-order valence-electron chi connectivity index (χ2n) is 9.20. The number of rotatable bonds is 1. The van der Waals surface area contributed by atoms with Gasteiger partial charge in [0.25, 0.3) is 0 Å². The van der Waals surface area contributed by atoms with Crippen LogP contribution in [0.1, 0.15) is 12.5 Å². The monoisotopic (exact) mass is 470 g/mol. The van der Waals surface area contributed by atoms with Gasteiger partial charge >= 0.3 is 0 Å². The molecule has 0 fully saturated rings. The van der Waals surface area contributed by atoms with Crippen LogP contribution >= 0.6 is 12.2 Å². The van der Waals surface area contributed by atoms with Crippen molar-refractivity contribution in [1.29, 1.82) is 0 Å². The van der Waals surface area contributed by atoms with E-state index in [2.05, 4.69) is 89.9 Å². The van der Waals surface area contributed by atoms with Crippen molar-refractivity contribution in [1.82, 2.24) is 9.97 Å². The largest absolute Gasteiger partial charge is 0.332 e. The normalized spacial score (nSPS) is 15.2. The van der Waals surface area contributed by atoms with Crippen LogP contribution in [0.3, 0.4) is 0 Å². The minimum Gasteiger partial charge on any atom is -0.332 e. The van der Waals surface area contributed by atoms with Crippen molar-refractivity contribution in [2.45, 2.75) is 19.4 Å². The fourth-order valence-corrected chi connectivity index (χ4v) is 5.81. The van der Waals surface area contributed by atoms with E-state index in [1.165, 1.54) is 22.0 Å². The fraction of sp³-hybridized carbons (Fsp3) is 0.100. The highest BCUT2D eigenvalue weighted by Gasteiger charge is 2.28. The highest BCUT2D eigenvalue weighted by Crippen LogP contribution is 2.35. The van der Waals surface area contributed by atoms with E-state index in [4.69, 9.17) is 22.2 Å². The molecule has 1 aliphatic rings. The van der Waals surface area contributed by atoms with Crippen molar-refractivity contribution in [2.75, 3.05) is 10.2 Å². The third kappa shape index (κ3) is 3.16. The number of fused-ring (bicyclic) bond motifs is 8. The second kappa shape index (κ2) is 7.72. The molecule has 0 saturated carbocycles. The molecule has 5 aromatic carbocycles. The third-order valence-electron chi connectivity index (χ3n) is 7.00. The number of thiocarbonyl (C=S) groups is 1. The number of aromatic nitrogens is 2. The molecule has 2 heterocycles. The topological polar surface area (TPSA) is 41.0 Å². The SMILES string of the molecule is C[C@H]1Cc2ccccc2N1C(=S)Nc1ccc2nc3c4ccccc4c4ccccc4c3nc2c1. The number of para-hydroxylation sites is 1. The highest BCUT2D eigenvalue weighted by molar-refractivity contribution is 7.80. The van der Waals surface area contributed by atoms with Crippen LogP contribution in [-0.2, 0) is 6.42 Å². The van der Waals surface area contributed by atoms with Crippen LogP contribution in [0.4, 0.5) is 11.4 Å². The molecule has 0 unspecified atom stereocenters. The molecule has 0 bridgehead atoms. The van der Waals surface area contributed by atoms with Gasteiger partial charge in [-0.2, -0.15) is 0 Å². The summed E-state index contributed by atoms with van der Waals surface area (Å²) in [6.45, 7) is 2.21. The lowest BCUT2D eigenvalue weighted by Gasteiger charge is -2.26. The van der Waals surface area contributed by atoms with Crippen LogP contribution in [0.15, 0.2) is 91.0 Å². The van der Waals surface area contributed by atoms with E-state index in [1.807, 2.05) is 18.2 Å². The smallest absolute Gasteiger partial charge is 0.178 e. The minimum absolute atomic E-state index is 0.316. The van der Waals surface area contributed by atoms with Crippen LogP contribution < -0.4 is 10.2 Å². The Morgan fingerprint density at radius 3 is 2.09 bits per heavy atom. The van der Waals surface area contributed by atoms with Crippen LogP contribution in [-0.4, -0.2) is 21.1 Å². The molecule has 0 radical (unpaired) electrons. The first-order valence-electron chi connectivity index (χ1n) is 11.9. The summed E-state index contributed by atoms with van der Waals surface area (Å²) in [7, 11) is 0. The molecule has 0 amide bonds. The average molecular weight is 471 g/mol. The van der Waals surface area contributed by atoms with Gasteiger partial charge < -0.3 is 10.2 Å². The zero-order chi connectivity index (χ0) is 23.5. The summed E-state index contributed by atoms with van der Waals surface area (Å²) in [5.41, 5.74) is 7.01. The maximum Gasteiger partial charge on any atom is 0.178 e. The Labute approximate surface area is 208 Å². The lowest BCUT2D eigenvalue weighted by atomic mass is 9.99. The van der Waals surface area contributed by atoms with E-state index in [-0.39, 0.29) is 0 Å². The van der Waals surface area contributed by atoms with E-state index < -0.39 is 0 Å². The molecule has 1 aliphatic heterocycles. The fourth-order valence-electron chi connectivity index (χ4n) is 5.42. The third-order valence-corrected chi connectivity index (χ3v) is 7.29. The summed E-state index contributed by atoms with van der Waals surface area (Å²) in [5, 5.41) is 8.79. The zero-order valence-electron chi connectivity index (χ0n) is 19.2. The first kappa shape index (κ1) is 20.3. The van der Waals surface area contributed by atoms with E-state index in [0.717, 1.165) is 44.9 Å². The Kier molecular flexibility index (Phi) is 4.48. The lowest BCUT2D eigenvalue weighted by molar-refractivity contribution is 0.776. The predicted molar refractivity (Wildman–Crippen MR) is 150 cm³/mol. The number of anilines is 2. The predicted octanol–water partition coefficient (Wildman–Crippen LogP) is 7.24. The first-order chi connectivity index (χ1) is 17.2. The molecule has 1 N–H and O–H groups in total. The van der Waals surface area contributed by atoms with E-state index >= 15 is 0 Å². The molecule has 4 nitrogen and oxygen atoms in total. The van der Waals surface area contributed by atoms with Gasteiger partial charge in [-0.15, -0.1) is 0 Å². The maximum atomic E-state index is 5.84. The van der Waals surface area contributed by atoms with Gasteiger partial charge in [0, 0.05) is 28.2 Å². The van der Waals surface area contributed by atoms with E-state index in [0.29, 0.717) is 11.2 Å². The molecule has 168 valence electrons. The molecule has 1 aromatic heterocycles. The lowest BCUT2D eigenvalue weighted by Crippen LogP contribution is -2.38. The summed E-state index contributed by atoms with van der Waals surface area (Å²) >= 11 is 5.84. The number of hydrogen-bond acceptors (Lipinski definition) is 3. The van der Waals surface area contributed by atoms with E-state index in [9.17, 15) is 0 Å². The maximum absolute atomic E-state index is 5.84. The Hall–Kier alpha value is -4.09. The van der Waals surface area contributed by atoms with Crippen molar-refractivity contribution in [2.24, 2.45) is 0 Å². The summed E-state index contributed by atoms with van der Waals surface area (Å²) in [5.74, 6) is 0. The summed E-state index contributed by atoms with van der Waals surface area (Å²) in [6.07, 6.45) is 0.994. The molecular weight excluding hydrogens is 448 g/mol. The van der Waals surface area contributed by atoms with Gasteiger partial charge in [-0.25, -0.2) is 9.97 Å². The quantitative estimate of drug-likeness (QED) is 0.156. The number of hydrogen-bond donors (Lipinski definition) is 1. The first-order valence-corrected chi connectivity index (χ1v) is 12.3. The molecule has 7 rings (SSSR count). The van der Waals surface area contributed by atoms with Crippen LogP contribution in [0.25, 0.3) is 43.6 Å².